The Labute approximate surface area is 189 Å². The summed E-state index contributed by atoms with van der Waals surface area (Å²) in [6.45, 7) is 8.95. The van der Waals surface area contributed by atoms with Gasteiger partial charge in [0, 0.05) is 33.3 Å². The Bertz CT molecular complexity index is 755. The Hall–Kier alpha value is -1.68. The molecule has 4 aliphatic rings. The van der Waals surface area contributed by atoms with E-state index in [2.05, 4.69) is 26.8 Å². The van der Waals surface area contributed by atoms with Crippen LogP contribution >= 0.6 is 0 Å². The Morgan fingerprint density at radius 1 is 1.22 bits per heavy atom. The molecule has 4 rings (SSSR count). The van der Waals surface area contributed by atoms with Gasteiger partial charge in [-0.25, -0.2) is 4.79 Å². The molecule has 6 atom stereocenters. The van der Waals surface area contributed by atoms with Crippen molar-refractivity contribution < 1.29 is 33.6 Å². The highest BCUT2D eigenvalue weighted by atomic mass is 16.6. The van der Waals surface area contributed by atoms with Gasteiger partial charge >= 0.3 is 12.1 Å². The van der Waals surface area contributed by atoms with Gasteiger partial charge in [-0.3, -0.25) is 9.69 Å². The smallest absolute Gasteiger partial charge is 0.410 e. The van der Waals surface area contributed by atoms with Crippen molar-refractivity contribution in [3.63, 3.8) is 0 Å². The van der Waals surface area contributed by atoms with Crippen molar-refractivity contribution in [2.75, 3.05) is 46.4 Å². The quantitative estimate of drug-likeness (QED) is 0.461. The first-order chi connectivity index (χ1) is 15.2. The molecule has 0 aromatic heterocycles. The Kier molecular flexibility index (Phi) is 6.55. The number of amides is 1. The molecule has 180 valence electrons. The highest BCUT2D eigenvalue weighted by Crippen LogP contribution is 2.59. The number of carbonyl (C=O) groups is 2. The molecule has 0 aromatic carbocycles. The van der Waals surface area contributed by atoms with E-state index < -0.39 is 5.97 Å². The molecule has 32 heavy (non-hydrogen) atoms. The number of hydrogen-bond donors (Lipinski definition) is 1. The zero-order valence-corrected chi connectivity index (χ0v) is 19.5. The average molecular weight is 453 g/mol. The first-order valence-corrected chi connectivity index (χ1v) is 11.6. The number of allylic oxidation sites excluding steroid dienone is 1. The monoisotopic (exact) mass is 452 g/mol. The molecule has 0 radical (unpaired) electrons. The maximum atomic E-state index is 12.9. The largest absolute Gasteiger partial charge is 0.480 e. The molecular weight excluding hydrogens is 416 g/mol. The summed E-state index contributed by atoms with van der Waals surface area (Å²) < 4.78 is 24.1. The first kappa shape index (κ1) is 23.5. The number of methoxy groups -OCH3 is 1. The van der Waals surface area contributed by atoms with Gasteiger partial charge in [0.25, 0.3) is 0 Å². The summed E-state index contributed by atoms with van der Waals surface area (Å²) in [6, 6.07) is 0. The van der Waals surface area contributed by atoms with E-state index in [-0.39, 0.29) is 48.1 Å². The second-order valence-electron chi connectivity index (χ2n) is 9.96. The molecule has 4 fully saturated rings. The summed E-state index contributed by atoms with van der Waals surface area (Å²) in [5.41, 5.74) is 0.652. The van der Waals surface area contributed by atoms with Gasteiger partial charge in [0.05, 0.1) is 25.2 Å². The third-order valence-corrected chi connectivity index (χ3v) is 7.48. The van der Waals surface area contributed by atoms with Crippen molar-refractivity contribution in [2.24, 2.45) is 5.92 Å². The van der Waals surface area contributed by atoms with Gasteiger partial charge in [-0.2, -0.15) is 0 Å². The maximum Gasteiger partial charge on any atom is 0.410 e. The summed E-state index contributed by atoms with van der Waals surface area (Å²) >= 11 is 0. The van der Waals surface area contributed by atoms with Crippen LogP contribution in [-0.4, -0.2) is 103 Å². The van der Waals surface area contributed by atoms with Crippen molar-refractivity contribution in [1.29, 1.82) is 0 Å². The second kappa shape index (κ2) is 8.93. The van der Waals surface area contributed by atoms with E-state index in [0.29, 0.717) is 39.2 Å². The van der Waals surface area contributed by atoms with Crippen LogP contribution in [0.4, 0.5) is 4.79 Å². The lowest BCUT2D eigenvalue weighted by Gasteiger charge is -2.43. The van der Waals surface area contributed by atoms with Crippen LogP contribution in [0.2, 0.25) is 0 Å². The van der Waals surface area contributed by atoms with Crippen molar-refractivity contribution in [3.8, 4) is 0 Å². The number of hydrogen-bond acceptors (Lipinski definition) is 7. The van der Waals surface area contributed by atoms with Crippen LogP contribution in [0.1, 0.15) is 40.0 Å². The number of nitrogens with zero attached hydrogens (tertiary/aromatic N) is 2. The van der Waals surface area contributed by atoms with Crippen LogP contribution in [0.25, 0.3) is 0 Å². The Balaban J connectivity index is 1.39. The number of ether oxygens (including phenoxy) is 4. The van der Waals surface area contributed by atoms with Gasteiger partial charge in [0.1, 0.15) is 23.4 Å². The minimum Gasteiger partial charge on any atom is -0.480 e. The fourth-order valence-electron chi connectivity index (χ4n) is 5.55. The SMILES string of the molecule is CO[C@@H]1[C@H](OC(=O)N2CCN(CC(=O)O)CC2)CC[C@]2(CO2)[C@H]1[C@@]1(C)OC1CC=C(C)C. The van der Waals surface area contributed by atoms with Crippen LogP contribution in [0.3, 0.4) is 0 Å². The molecule has 9 heteroatoms. The molecule has 1 aliphatic carbocycles. The van der Waals surface area contributed by atoms with E-state index in [1.807, 2.05) is 4.90 Å². The third kappa shape index (κ3) is 4.66. The molecule has 1 amide bonds. The van der Waals surface area contributed by atoms with E-state index in [4.69, 9.17) is 24.1 Å². The minimum absolute atomic E-state index is 0.00507. The summed E-state index contributed by atoms with van der Waals surface area (Å²) in [6.07, 6.45) is 3.64. The Morgan fingerprint density at radius 3 is 2.47 bits per heavy atom. The molecule has 3 heterocycles. The minimum atomic E-state index is -0.855. The van der Waals surface area contributed by atoms with Gasteiger partial charge in [0.2, 0.25) is 0 Å². The van der Waals surface area contributed by atoms with Gasteiger partial charge in [-0.15, -0.1) is 0 Å². The van der Waals surface area contributed by atoms with Crippen LogP contribution in [-0.2, 0) is 23.7 Å². The fraction of sp³-hybridized carbons (Fsp3) is 0.826. The number of aliphatic carboxylic acids is 1. The van der Waals surface area contributed by atoms with Gasteiger partial charge in [-0.1, -0.05) is 11.6 Å². The molecule has 3 saturated heterocycles. The molecule has 3 aliphatic heterocycles. The molecule has 1 N–H and O–H groups in total. The molecular formula is C23H36N2O7. The summed E-state index contributed by atoms with van der Waals surface area (Å²) in [4.78, 5) is 27.3. The van der Waals surface area contributed by atoms with Crippen LogP contribution in [0.15, 0.2) is 11.6 Å². The highest BCUT2D eigenvalue weighted by Gasteiger charge is 2.72. The number of carboxylic acids is 1. The van der Waals surface area contributed by atoms with E-state index >= 15 is 0 Å². The molecule has 9 nitrogen and oxygen atoms in total. The number of epoxide rings is 2. The maximum absolute atomic E-state index is 12.9. The number of piperazine rings is 1. The van der Waals surface area contributed by atoms with Gasteiger partial charge < -0.3 is 29.0 Å². The molecule has 1 unspecified atom stereocenters. The molecule has 0 bridgehead atoms. The lowest BCUT2D eigenvalue weighted by Crippen LogP contribution is -2.57. The summed E-state index contributed by atoms with van der Waals surface area (Å²) in [5.74, 6) is -0.860. The normalized spacial score (nSPS) is 38.9. The molecule has 0 aromatic rings. The molecule has 1 spiro atoms. The van der Waals surface area contributed by atoms with Crippen molar-refractivity contribution in [2.45, 2.75) is 69.5 Å². The van der Waals surface area contributed by atoms with E-state index in [1.54, 1.807) is 12.0 Å². The highest BCUT2D eigenvalue weighted by molar-refractivity contribution is 5.69. The zero-order chi connectivity index (χ0) is 23.1. The lowest BCUT2D eigenvalue weighted by atomic mass is 9.68. The van der Waals surface area contributed by atoms with Crippen LogP contribution in [0, 0.1) is 5.92 Å². The number of rotatable bonds is 7. The summed E-state index contributed by atoms with van der Waals surface area (Å²) in [5, 5.41) is 8.95. The predicted octanol–water partition coefficient (Wildman–Crippen LogP) is 1.90. The van der Waals surface area contributed by atoms with Gasteiger partial charge in [0.15, 0.2) is 0 Å². The van der Waals surface area contributed by atoms with Crippen LogP contribution in [0.5, 0.6) is 0 Å². The topological polar surface area (TPSA) is 104 Å². The van der Waals surface area contributed by atoms with Crippen molar-refractivity contribution in [1.82, 2.24) is 9.80 Å². The fourth-order valence-corrected chi connectivity index (χ4v) is 5.55. The number of carbonyl (C=O) groups excluding carboxylic acids is 1. The number of carboxylic acid groups (broad SMARTS) is 1. The summed E-state index contributed by atoms with van der Waals surface area (Å²) in [7, 11) is 1.67. The van der Waals surface area contributed by atoms with E-state index in [9.17, 15) is 9.59 Å². The standard InChI is InChI=1S/C23H36N2O7/c1-15(2)5-6-17-22(3,32-17)20-19(29-4)16(7-8-23(20)14-30-23)31-21(28)25-11-9-24(10-12-25)13-18(26)27/h5,16-17,19-20H,6-14H2,1-4H3,(H,26,27)/t16-,17?,19-,20-,22+,23+/m1/s1. The predicted molar refractivity (Wildman–Crippen MR) is 115 cm³/mol. The van der Waals surface area contributed by atoms with Gasteiger partial charge in [-0.05, 0) is 40.0 Å². The average Bonchev–Trinajstić information content (AvgIpc) is 3.65. The Morgan fingerprint density at radius 2 is 1.91 bits per heavy atom. The van der Waals surface area contributed by atoms with E-state index in [1.165, 1.54) is 5.57 Å². The second-order valence-corrected chi connectivity index (χ2v) is 9.96. The third-order valence-electron chi connectivity index (χ3n) is 7.48. The first-order valence-electron chi connectivity index (χ1n) is 11.6. The van der Waals surface area contributed by atoms with Crippen LogP contribution < -0.4 is 0 Å². The zero-order valence-electron chi connectivity index (χ0n) is 19.5. The van der Waals surface area contributed by atoms with Crippen molar-refractivity contribution in [3.05, 3.63) is 11.6 Å². The van der Waals surface area contributed by atoms with E-state index in [0.717, 1.165) is 12.8 Å². The molecule has 1 saturated carbocycles. The lowest BCUT2D eigenvalue weighted by molar-refractivity contribution is -0.138. The van der Waals surface area contributed by atoms with Crippen molar-refractivity contribution >= 4 is 12.1 Å².